The van der Waals surface area contributed by atoms with E-state index in [4.69, 9.17) is 14.5 Å². The fraction of sp³-hybridized carbons (Fsp3) is 0.167. The lowest BCUT2D eigenvalue weighted by Crippen LogP contribution is -1.96. The van der Waals surface area contributed by atoms with Crippen LogP contribution in [-0.2, 0) is 6.61 Å². The molecule has 0 radical (unpaired) electrons. The molecule has 0 fully saturated rings. The lowest BCUT2D eigenvalue weighted by Gasteiger charge is -2.04. The van der Waals surface area contributed by atoms with E-state index in [1.807, 2.05) is 6.07 Å². The van der Waals surface area contributed by atoms with Gasteiger partial charge in [0.2, 0.25) is 0 Å². The second-order valence-electron chi connectivity index (χ2n) is 3.48. The summed E-state index contributed by atoms with van der Waals surface area (Å²) in [4.78, 5) is 0. The van der Waals surface area contributed by atoms with E-state index in [-0.39, 0.29) is 17.9 Å². The van der Waals surface area contributed by atoms with Crippen LogP contribution in [0.5, 0.6) is 5.75 Å². The molecule has 0 N–H and O–H groups in total. The molecule has 2 rings (SSSR count). The highest BCUT2D eigenvalue weighted by molar-refractivity contribution is 5.36. The Balaban J connectivity index is 2.07. The molecule has 0 unspecified atom stereocenters. The van der Waals surface area contributed by atoms with Gasteiger partial charge >= 0.3 is 0 Å². The van der Waals surface area contributed by atoms with Crippen molar-refractivity contribution in [3.8, 4) is 11.8 Å². The topological polar surface area (TPSA) is 59.0 Å². The Hall–Kier alpha value is -2.35. The largest absolute Gasteiger partial charge is 0.482 e. The predicted octanol–water partition coefficient (Wildman–Crippen LogP) is 2.57. The molecule has 2 aromatic rings. The summed E-state index contributed by atoms with van der Waals surface area (Å²) in [6.45, 7) is 1.89. The molecule has 0 aliphatic carbocycles. The molecular weight excluding hydrogens is 223 g/mol. The normalized spacial score (nSPS) is 9.94. The van der Waals surface area contributed by atoms with Gasteiger partial charge in [0, 0.05) is 6.07 Å². The van der Waals surface area contributed by atoms with Gasteiger partial charge in [0.05, 0.1) is 17.3 Å². The molecule has 0 aliphatic rings. The van der Waals surface area contributed by atoms with Crippen molar-refractivity contribution in [1.82, 2.24) is 5.16 Å². The summed E-state index contributed by atoms with van der Waals surface area (Å²) in [6.07, 6.45) is 0. The summed E-state index contributed by atoms with van der Waals surface area (Å²) in [5, 5.41) is 12.3. The minimum absolute atomic E-state index is 0.0815. The third-order valence-corrected chi connectivity index (χ3v) is 2.11. The summed E-state index contributed by atoms with van der Waals surface area (Å²) < 4.78 is 23.6. The number of aryl methyl sites for hydroxylation is 1. The summed E-state index contributed by atoms with van der Waals surface area (Å²) in [7, 11) is 0. The second kappa shape index (κ2) is 4.66. The smallest absolute Gasteiger partial charge is 0.174 e. The van der Waals surface area contributed by atoms with Crippen LogP contribution < -0.4 is 4.74 Å². The molecule has 86 valence electrons. The highest BCUT2D eigenvalue weighted by Gasteiger charge is 2.07. The number of ether oxygens (including phenoxy) is 1. The molecule has 1 heterocycles. The maximum absolute atomic E-state index is 13.4. The molecule has 0 atom stereocenters. The Morgan fingerprint density at radius 1 is 1.47 bits per heavy atom. The molecule has 0 spiro atoms. The minimum atomic E-state index is -0.569. The maximum Gasteiger partial charge on any atom is 0.174 e. The van der Waals surface area contributed by atoms with Crippen LogP contribution in [0.2, 0.25) is 0 Å². The van der Waals surface area contributed by atoms with E-state index in [0.29, 0.717) is 5.76 Å². The van der Waals surface area contributed by atoms with Crippen LogP contribution >= 0.6 is 0 Å². The monoisotopic (exact) mass is 232 g/mol. The molecular formula is C12H9FN2O2. The number of aromatic nitrogens is 1. The van der Waals surface area contributed by atoms with Crippen LogP contribution in [-0.4, -0.2) is 5.16 Å². The molecule has 1 aromatic carbocycles. The zero-order chi connectivity index (χ0) is 12.3. The van der Waals surface area contributed by atoms with Crippen LogP contribution in [0.4, 0.5) is 4.39 Å². The molecule has 1 aromatic heterocycles. The average Bonchev–Trinajstić information content (AvgIpc) is 2.73. The van der Waals surface area contributed by atoms with E-state index >= 15 is 0 Å². The number of nitrogens with zero attached hydrogens (tertiary/aromatic N) is 2. The zero-order valence-corrected chi connectivity index (χ0v) is 9.11. The van der Waals surface area contributed by atoms with E-state index in [0.717, 1.165) is 11.8 Å². The van der Waals surface area contributed by atoms with Crippen molar-refractivity contribution < 1.29 is 13.7 Å². The predicted molar refractivity (Wildman–Crippen MR) is 56.7 cm³/mol. The van der Waals surface area contributed by atoms with Crippen molar-refractivity contribution in [2.75, 3.05) is 0 Å². The zero-order valence-electron chi connectivity index (χ0n) is 9.11. The first-order valence-electron chi connectivity index (χ1n) is 4.93. The van der Waals surface area contributed by atoms with Gasteiger partial charge in [-0.05, 0) is 25.1 Å². The molecule has 0 aliphatic heterocycles. The number of benzene rings is 1. The van der Waals surface area contributed by atoms with Crippen molar-refractivity contribution >= 4 is 0 Å². The van der Waals surface area contributed by atoms with Crippen molar-refractivity contribution in [2.45, 2.75) is 13.5 Å². The Bertz CT molecular complexity index is 572. The Kier molecular flexibility index (Phi) is 3.06. The first kappa shape index (κ1) is 11.1. The number of hydrogen-bond donors (Lipinski definition) is 0. The Labute approximate surface area is 97.2 Å². The molecule has 0 saturated carbocycles. The second-order valence-corrected chi connectivity index (χ2v) is 3.48. The minimum Gasteiger partial charge on any atom is -0.482 e. The summed E-state index contributed by atoms with van der Waals surface area (Å²) >= 11 is 0. The lowest BCUT2D eigenvalue weighted by molar-refractivity contribution is 0.240. The fourth-order valence-electron chi connectivity index (χ4n) is 1.32. The number of nitriles is 1. The van der Waals surface area contributed by atoms with E-state index < -0.39 is 5.82 Å². The number of hydrogen-bond acceptors (Lipinski definition) is 4. The van der Waals surface area contributed by atoms with Crippen LogP contribution in [0.25, 0.3) is 0 Å². The quantitative estimate of drug-likeness (QED) is 0.816. The molecule has 0 amide bonds. The molecule has 17 heavy (non-hydrogen) atoms. The summed E-state index contributed by atoms with van der Waals surface area (Å²) in [5.41, 5.74) is 0.995. The van der Waals surface area contributed by atoms with E-state index in [1.165, 1.54) is 12.1 Å². The van der Waals surface area contributed by atoms with Gasteiger partial charge in [-0.3, -0.25) is 0 Å². The van der Waals surface area contributed by atoms with Gasteiger partial charge in [-0.2, -0.15) is 5.26 Å². The highest BCUT2D eigenvalue weighted by Crippen LogP contribution is 2.19. The average molecular weight is 232 g/mol. The molecule has 5 heteroatoms. The van der Waals surface area contributed by atoms with E-state index in [2.05, 4.69) is 5.16 Å². The number of halogens is 1. The SMILES string of the molecule is Cc1cc(COc2ccc(C#N)cc2F)on1. The first-order valence-corrected chi connectivity index (χ1v) is 4.93. The standard InChI is InChI=1S/C12H9FN2O2/c1-8-4-10(17-15-8)7-16-12-3-2-9(6-14)5-11(12)13/h2-5H,7H2,1H3. The number of rotatable bonds is 3. The van der Waals surface area contributed by atoms with Crippen LogP contribution in [0, 0.1) is 24.1 Å². The van der Waals surface area contributed by atoms with E-state index in [9.17, 15) is 4.39 Å². The van der Waals surface area contributed by atoms with Crippen molar-refractivity contribution in [3.05, 3.63) is 47.1 Å². The Morgan fingerprint density at radius 3 is 2.88 bits per heavy atom. The molecule has 4 nitrogen and oxygen atoms in total. The van der Waals surface area contributed by atoms with Gasteiger partial charge in [-0.25, -0.2) is 4.39 Å². The maximum atomic E-state index is 13.4. The van der Waals surface area contributed by atoms with Crippen LogP contribution in [0.3, 0.4) is 0 Å². The van der Waals surface area contributed by atoms with Gasteiger partial charge in [0.15, 0.2) is 17.3 Å². The van der Waals surface area contributed by atoms with Crippen molar-refractivity contribution in [2.24, 2.45) is 0 Å². The van der Waals surface area contributed by atoms with Crippen molar-refractivity contribution in [1.29, 1.82) is 5.26 Å². The van der Waals surface area contributed by atoms with Gasteiger partial charge in [0.25, 0.3) is 0 Å². The van der Waals surface area contributed by atoms with Gasteiger partial charge in [-0.1, -0.05) is 5.16 Å². The lowest BCUT2D eigenvalue weighted by atomic mass is 10.2. The first-order chi connectivity index (χ1) is 8.19. The third-order valence-electron chi connectivity index (χ3n) is 2.11. The van der Waals surface area contributed by atoms with Crippen LogP contribution in [0.1, 0.15) is 17.0 Å². The van der Waals surface area contributed by atoms with Gasteiger partial charge in [-0.15, -0.1) is 0 Å². The van der Waals surface area contributed by atoms with Crippen molar-refractivity contribution in [3.63, 3.8) is 0 Å². The molecule has 0 saturated heterocycles. The Morgan fingerprint density at radius 2 is 2.29 bits per heavy atom. The summed E-state index contributed by atoms with van der Waals surface area (Å²) in [6, 6.07) is 7.59. The third kappa shape index (κ3) is 2.61. The fourth-order valence-corrected chi connectivity index (χ4v) is 1.32. The van der Waals surface area contributed by atoms with Gasteiger partial charge in [0.1, 0.15) is 6.61 Å². The van der Waals surface area contributed by atoms with Crippen LogP contribution in [0.15, 0.2) is 28.8 Å². The van der Waals surface area contributed by atoms with Gasteiger partial charge < -0.3 is 9.26 Å². The molecule has 0 bridgehead atoms. The highest BCUT2D eigenvalue weighted by atomic mass is 19.1. The van der Waals surface area contributed by atoms with E-state index in [1.54, 1.807) is 13.0 Å². The summed E-state index contributed by atoms with van der Waals surface area (Å²) in [5.74, 6) is 0.0320.